The molecule has 0 aliphatic heterocycles. The molecule has 1 saturated carbocycles. The maximum atomic E-state index is 12.9. The van der Waals surface area contributed by atoms with Crippen molar-refractivity contribution in [3.05, 3.63) is 28.3 Å². The molecule has 0 saturated heterocycles. The van der Waals surface area contributed by atoms with Crippen LogP contribution in [0.4, 0.5) is 0 Å². The first kappa shape index (κ1) is 15.0. The molecule has 1 fully saturated rings. The van der Waals surface area contributed by atoms with E-state index in [0.29, 0.717) is 28.4 Å². The Morgan fingerprint density at radius 1 is 1.41 bits per heavy atom. The van der Waals surface area contributed by atoms with Crippen LogP contribution in [0.2, 0.25) is 0 Å². The van der Waals surface area contributed by atoms with E-state index in [1.807, 2.05) is 0 Å². The second-order valence-electron chi connectivity index (χ2n) is 6.51. The van der Waals surface area contributed by atoms with E-state index in [1.165, 1.54) is 6.42 Å². The number of hydrogen-bond acceptors (Lipinski definition) is 3. The molecule has 1 aliphatic rings. The van der Waals surface area contributed by atoms with Gasteiger partial charge >= 0.3 is 0 Å². The highest BCUT2D eigenvalue weighted by Gasteiger charge is 2.34. The largest absolute Gasteiger partial charge is 0.351 e. The number of Topliss-reactive ketones (excluding diaryl/α,β-unsaturated/α-hetero) is 1. The van der Waals surface area contributed by atoms with Crippen LogP contribution in [-0.2, 0) is 0 Å². The summed E-state index contributed by atoms with van der Waals surface area (Å²) in [6.45, 7) is 4.44. The minimum Gasteiger partial charge on any atom is -0.351 e. The number of aromatic amines is 2. The summed E-state index contributed by atoms with van der Waals surface area (Å²) in [4.78, 5) is 27.8. The van der Waals surface area contributed by atoms with Crippen molar-refractivity contribution in [3.8, 4) is 0 Å². The van der Waals surface area contributed by atoms with Gasteiger partial charge in [0.25, 0.3) is 5.56 Å². The third-order valence-electron chi connectivity index (χ3n) is 5.25. The first-order chi connectivity index (χ1) is 10.6. The third-order valence-corrected chi connectivity index (χ3v) is 5.25. The summed E-state index contributed by atoms with van der Waals surface area (Å²) in [7, 11) is 0. The van der Waals surface area contributed by atoms with Crippen molar-refractivity contribution < 1.29 is 4.79 Å². The molecule has 2 aromatic heterocycles. The van der Waals surface area contributed by atoms with Gasteiger partial charge in [-0.1, -0.05) is 33.1 Å². The number of H-pyrrole nitrogens is 2. The van der Waals surface area contributed by atoms with Crippen molar-refractivity contribution in [2.45, 2.75) is 46.0 Å². The molecule has 0 spiro atoms. The highest BCUT2D eigenvalue weighted by atomic mass is 16.1. The van der Waals surface area contributed by atoms with Gasteiger partial charge < -0.3 is 4.98 Å². The minimum absolute atomic E-state index is 0.0730. The van der Waals surface area contributed by atoms with Crippen LogP contribution in [0.25, 0.3) is 10.9 Å². The number of nitrogens with zero attached hydrogens (tertiary/aromatic N) is 1. The van der Waals surface area contributed by atoms with Crippen LogP contribution in [-0.4, -0.2) is 21.0 Å². The number of ketones is 1. The highest BCUT2D eigenvalue weighted by Crippen LogP contribution is 2.38. The second-order valence-corrected chi connectivity index (χ2v) is 6.51. The lowest BCUT2D eigenvalue weighted by Gasteiger charge is -2.34. The van der Waals surface area contributed by atoms with Gasteiger partial charge in [0, 0.05) is 5.92 Å². The quantitative estimate of drug-likeness (QED) is 0.851. The van der Waals surface area contributed by atoms with E-state index < -0.39 is 0 Å². The zero-order valence-electron chi connectivity index (χ0n) is 13.2. The molecular formula is C17H23N3O2. The normalized spacial score (nSPS) is 23.5. The first-order valence-corrected chi connectivity index (χ1v) is 8.22. The Bertz CT molecular complexity index is 731. The molecule has 118 valence electrons. The van der Waals surface area contributed by atoms with Gasteiger partial charge in [-0.25, -0.2) is 5.10 Å². The lowest BCUT2D eigenvalue weighted by atomic mass is 9.70. The number of aromatic nitrogens is 3. The fourth-order valence-corrected chi connectivity index (χ4v) is 3.78. The van der Waals surface area contributed by atoms with Crippen LogP contribution in [0.5, 0.6) is 0 Å². The molecule has 0 radical (unpaired) electrons. The van der Waals surface area contributed by atoms with Gasteiger partial charge in [0.2, 0.25) is 0 Å². The predicted octanol–water partition coefficient (Wildman–Crippen LogP) is 3.29. The molecule has 3 unspecified atom stereocenters. The minimum atomic E-state index is -0.255. The molecular weight excluding hydrogens is 278 g/mol. The third kappa shape index (κ3) is 2.60. The van der Waals surface area contributed by atoms with E-state index in [9.17, 15) is 9.59 Å². The average Bonchev–Trinajstić information content (AvgIpc) is 2.99. The summed E-state index contributed by atoms with van der Waals surface area (Å²) < 4.78 is 0. The van der Waals surface area contributed by atoms with Crippen molar-refractivity contribution in [2.24, 2.45) is 17.8 Å². The van der Waals surface area contributed by atoms with E-state index in [0.717, 1.165) is 25.7 Å². The number of fused-ring (bicyclic) bond motifs is 1. The SMILES string of the molecule is CCC(C)C1CCCCC1C(=O)c1cc2c(=O)[nH]ncc2[nH]1. The standard InChI is InChI=1S/C17H23N3O2/c1-3-10(2)11-6-4-5-7-12(11)16(21)14-8-13-15(19-14)9-18-20-17(13)22/h8-12,19H,3-7H2,1-2H3,(H,20,22). The Kier molecular flexibility index (Phi) is 4.14. The lowest BCUT2D eigenvalue weighted by Crippen LogP contribution is -2.31. The van der Waals surface area contributed by atoms with Gasteiger partial charge in [0.15, 0.2) is 5.78 Å². The van der Waals surface area contributed by atoms with E-state index in [4.69, 9.17) is 0 Å². The van der Waals surface area contributed by atoms with Crippen molar-refractivity contribution >= 4 is 16.7 Å². The summed E-state index contributed by atoms with van der Waals surface area (Å²) in [6, 6.07) is 1.68. The summed E-state index contributed by atoms with van der Waals surface area (Å²) in [6.07, 6.45) is 7.08. The van der Waals surface area contributed by atoms with Gasteiger partial charge in [0.05, 0.1) is 22.8 Å². The molecule has 5 heteroatoms. The molecule has 22 heavy (non-hydrogen) atoms. The van der Waals surface area contributed by atoms with Gasteiger partial charge in [0.1, 0.15) is 0 Å². The molecule has 0 bridgehead atoms. The monoisotopic (exact) mass is 301 g/mol. The van der Waals surface area contributed by atoms with Crippen molar-refractivity contribution in [1.29, 1.82) is 0 Å². The van der Waals surface area contributed by atoms with Crippen LogP contribution in [0, 0.1) is 17.8 Å². The smallest absolute Gasteiger partial charge is 0.273 e. The Hall–Kier alpha value is -1.91. The van der Waals surface area contributed by atoms with E-state index >= 15 is 0 Å². The van der Waals surface area contributed by atoms with Gasteiger partial charge in [-0.05, 0) is 30.7 Å². The van der Waals surface area contributed by atoms with Crippen molar-refractivity contribution in [3.63, 3.8) is 0 Å². The fraction of sp³-hybridized carbons (Fsp3) is 0.588. The summed E-state index contributed by atoms with van der Waals surface area (Å²) >= 11 is 0. The molecule has 2 heterocycles. The average molecular weight is 301 g/mol. The molecule has 2 N–H and O–H groups in total. The van der Waals surface area contributed by atoms with Gasteiger partial charge in [-0.15, -0.1) is 0 Å². The Balaban J connectivity index is 1.93. The van der Waals surface area contributed by atoms with Crippen molar-refractivity contribution in [1.82, 2.24) is 15.2 Å². The Morgan fingerprint density at radius 3 is 2.91 bits per heavy atom. The maximum absolute atomic E-state index is 12.9. The predicted molar refractivity (Wildman–Crippen MR) is 85.9 cm³/mol. The van der Waals surface area contributed by atoms with E-state index in [1.54, 1.807) is 12.3 Å². The molecule has 0 aromatic carbocycles. The van der Waals surface area contributed by atoms with Gasteiger partial charge in [-0.2, -0.15) is 5.10 Å². The highest BCUT2D eigenvalue weighted by molar-refractivity contribution is 6.00. The molecule has 0 amide bonds. The van der Waals surface area contributed by atoms with Crippen molar-refractivity contribution in [2.75, 3.05) is 0 Å². The number of nitrogens with one attached hydrogen (secondary N) is 2. The van der Waals surface area contributed by atoms with E-state index in [-0.39, 0.29) is 17.3 Å². The van der Waals surface area contributed by atoms with Crippen LogP contribution in [0.3, 0.4) is 0 Å². The zero-order valence-corrected chi connectivity index (χ0v) is 13.2. The first-order valence-electron chi connectivity index (χ1n) is 8.22. The Morgan fingerprint density at radius 2 is 2.18 bits per heavy atom. The number of hydrogen-bond donors (Lipinski definition) is 2. The van der Waals surface area contributed by atoms with Crippen LogP contribution < -0.4 is 5.56 Å². The van der Waals surface area contributed by atoms with Crippen LogP contribution in [0.15, 0.2) is 17.1 Å². The Labute approximate surface area is 129 Å². The lowest BCUT2D eigenvalue weighted by molar-refractivity contribution is 0.0758. The second kappa shape index (κ2) is 6.07. The van der Waals surface area contributed by atoms with Crippen LogP contribution in [0.1, 0.15) is 56.4 Å². The van der Waals surface area contributed by atoms with E-state index in [2.05, 4.69) is 29.0 Å². The summed E-state index contributed by atoms with van der Waals surface area (Å²) in [5.74, 6) is 1.24. The van der Waals surface area contributed by atoms with Gasteiger partial charge in [-0.3, -0.25) is 9.59 Å². The number of rotatable bonds is 4. The topological polar surface area (TPSA) is 78.6 Å². The maximum Gasteiger partial charge on any atom is 0.273 e. The summed E-state index contributed by atoms with van der Waals surface area (Å²) in [5.41, 5.74) is 0.923. The number of carbonyl (C=O) groups is 1. The molecule has 5 nitrogen and oxygen atoms in total. The molecule has 3 atom stereocenters. The summed E-state index contributed by atoms with van der Waals surface area (Å²) in [5, 5.41) is 6.69. The zero-order chi connectivity index (χ0) is 15.7. The fourth-order valence-electron chi connectivity index (χ4n) is 3.78. The molecule has 1 aliphatic carbocycles. The molecule has 3 rings (SSSR count). The van der Waals surface area contributed by atoms with Crippen LogP contribution >= 0.6 is 0 Å². The number of carbonyl (C=O) groups excluding carboxylic acids is 1. The molecule has 2 aromatic rings.